The van der Waals surface area contributed by atoms with Crippen LogP contribution in [0.15, 0.2) is 48.5 Å². The number of hydrogen-bond donors (Lipinski definition) is 2. The number of nitrogens with one attached hydrogen (secondary N) is 1. The van der Waals surface area contributed by atoms with Crippen LogP contribution in [0.2, 0.25) is 5.02 Å². The molecule has 0 bridgehead atoms. The third-order valence-corrected chi connectivity index (χ3v) is 7.37. The molecule has 0 saturated carbocycles. The zero-order chi connectivity index (χ0) is 25.9. The van der Waals surface area contributed by atoms with Crippen molar-refractivity contribution >= 4 is 23.4 Å². The molecule has 1 aliphatic rings. The van der Waals surface area contributed by atoms with Gasteiger partial charge in [0.2, 0.25) is 11.8 Å². The van der Waals surface area contributed by atoms with Crippen molar-refractivity contribution in [3.05, 3.63) is 70.2 Å². The third-order valence-electron chi connectivity index (χ3n) is 7.13. The molecule has 1 fully saturated rings. The topological polar surface area (TPSA) is 69.6 Å². The zero-order valence-electron chi connectivity index (χ0n) is 21.7. The molecule has 35 heavy (non-hydrogen) atoms. The van der Waals surface area contributed by atoms with Gasteiger partial charge in [0.15, 0.2) is 0 Å². The lowest BCUT2D eigenvalue weighted by Gasteiger charge is -2.52. The highest BCUT2D eigenvalue weighted by molar-refractivity contribution is 6.30. The SMILES string of the molecule is CCC([C@H](C)O)N1C(=O)[C@@](C)(CC(=O)NC(C)C)C[C@H](c2cccc(Cl)c2)[C@H]1c1ccc(C)cc1. The molecule has 5 atom stereocenters. The fourth-order valence-corrected chi connectivity index (χ4v) is 5.71. The lowest BCUT2D eigenvalue weighted by atomic mass is 9.66. The van der Waals surface area contributed by atoms with E-state index >= 15 is 0 Å². The second-order valence-electron chi connectivity index (χ2n) is 10.6. The molecule has 2 aromatic carbocycles. The van der Waals surface area contributed by atoms with E-state index in [2.05, 4.69) is 29.6 Å². The highest BCUT2D eigenvalue weighted by Gasteiger charge is 2.52. The van der Waals surface area contributed by atoms with E-state index in [0.717, 1.165) is 16.7 Å². The Morgan fingerprint density at radius 2 is 1.83 bits per heavy atom. The van der Waals surface area contributed by atoms with E-state index in [4.69, 9.17) is 11.6 Å². The van der Waals surface area contributed by atoms with Gasteiger partial charge < -0.3 is 15.3 Å². The van der Waals surface area contributed by atoms with Gasteiger partial charge in [0, 0.05) is 23.4 Å². The van der Waals surface area contributed by atoms with E-state index in [1.165, 1.54) is 0 Å². The maximum absolute atomic E-state index is 14.3. The number of benzene rings is 2. The summed E-state index contributed by atoms with van der Waals surface area (Å²) >= 11 is 6.41. The third kappa shape index (κ3) is 6.07. The molecule has 5 nitrogen and oxygen atoms in total. The number of hydrogen-bond acceptors (Lipinski definition) is 3. The number of likely N-dealkylation sites (tertiary alicyclic amines) is 1. The minimum absolute atomic E-state index is 0.00853. The Morgan fingerprint density at radius 3 is 2.37 bits per heavy atom. The van der Waals surface area contributed by atoms with Crippen LogP contribution < -0.4 is 5.32 Å². The molecule has 1 saturated heterocycles. The number of amides is 2. The van der Waals surface area contributed by atoms with Crippen molar-refractivity contribution in [1.82, 2.24) is 10.2 Å². The Labute approximate surface area is 214 Å². The second kappa shape index (κ2) is 11.1. The van der Waals surface area contributed by atoms with Crippen molar-refractivity contribution in [3.8, 4) is 0 Å². The molecule has 0 aromatic heterocycles. The lowest BCUT2D eigenvalue weighted by molar-refractivity contribution is -0.160. The summed E-state index contributed by atoms with van der Waals surface area (Å²) in [5.41, 5.74) is 2.26. The monoisotopic (exact) mass is 498 g/mol. The van der Waals surface area contributed by atoms with Gasteiger partial charge in [-0.15, -0.1) is 0 Å². The summed E-state index contributed by atoms with van der Waals surface area (Å²) < 4.78 is 0. The molecule has 2 N–H and O–H groups in total. The van der Waals surface area contributed by atoms with Crippen LogP contribution in [-0.4, -0.2) is 40.0 Å². The average molecular weight is 499 g/mol. The van der Waals surface area contributed by atoms with Crippen LogP contribution in [0.3, 0.4) is 0 Å². The molecule has 2 aromatic rings. The van der Waals surface area contributed by atoms with Gasteiger partial charge in [-0.25, -0.2) is 0 Å². The predicted molar refractivity (Wildman–Crippen MR) is 141 cm³/mol. The molecular weight excluding hydrogens is 460 g/mol. The smallest absolute Gasteiger partial charge is 0.229 e. The van der Waals surface area contributed by atoms with Crippen LogP contribution in [0, 0.1) is 12.3 Å². The van der Waals surface area contributed by atoms with Crippen LogP contribution >= 0.6 is 11.6 Å². The molecule has 1 aliphatic heterocycles. The summed E-state index contributed by atoms with van der Waals surface area (Å²) in [6, 6.07) is 15.3. The van der Waals surface area contributed by atoms with Crippen LogP contribution in [0.1, 0.15) is 82.5 Å². The zero-order valence-corrected chi connectivity index (χ0v) is 22.5. The van der Waals surface area contributed by atoms with E-state index in [0.29, 0.717) is 17.9 Å². The summed E-state index contributed by atoms with van der Waals surface area (Å²) in [7, 11) is 0. The van der Waals surface area contributed by atoms with Crippen LogP contribution in [0.25, 0.3) is 0 Å². The molecule has 2 amide bonds. The molecule has 1 heterocycles. The van der Waals surface area contributed by atoms with Gasteiger partial charge in [0.1, 0.15) is 0 Å². The largest absolute Gasteiger partial charge is 0.391 e. The fourth-order valence-electron chi connectivity index (χ4n) is 5.51. The van der Waals surface area contributed by atoms with Crippen molar-refractivity contribution in [2.45, 2.75) is 91.0 Å². The van der Waals surface area contributed by atoms with E-state index in [1.54, 1.807) is 6.92 Å². The highest BCUT2D eigenvalue weighted by atomic mass is 35.5. The van der Waals surface area contributed by atoms with Gasteiger partial charge >= 0.3 is 0 Å². The summed E-state index contributed by atoms with van der Waals surface area (Å²) in [5.74, 6) is -0.328. The van der Waals surface area contributed by atoms with Crippen molar-refractivity contribution in [3.63, 3.8) is 0 Å². The van der Waals surface area contributed by atoms with Crippen LogP contribution in [0.5, 0.6) is 0 Å². The number of piperidine rings is 1. The Kier molecular flexibility index (Phi) is 8.66. The number of halogens is 1. The van der Waals surface area contributed by atoms with Crippen molar-refractivity contribution < 1.29 is 14.7 Å². The van der Waals surface area contributed by atoms with E-state index in [9.17, 15) is 14.7 Å². The number of rotatable bonds is 8. The molecule has 0 aliphatic carbocycles. The first-order valence-corrected chi connectivity index (χ1v) is 13.0. The number of carbonyl (C=O) groups is 2. The molecule has 0 radical (unpaired) electrons. The van der Waals surface area contributed by atoms with Gasteiger partial charge in [-0.2, -0.15) is 0 Å². The van der Waals surface area contributed by atoms with Gasteiger partial charge in [0.05, 0.1) is 23.6 Å². The highest BCUT2D eigenvalue weighted by Crippen LogP contribution is 2.52. The normalized spacial score (nSPS) is 24.4. The molecule has 6 heteroatoms. The predicted octanol–water partition coefficient (Wildman–Crippen LogP) is 5.79. The number of nitrogens with zero attached hydrogens (tertiary/aromatic N) is 1. The Bertz CT molecular complexity index is 1040. The van der Waals surface area contributed by atoms with Gasteiger partial charge in [-0.05, 0) is 63.8 Å². The van der Waals surface area contributed by atoms with Crippen molar-refractivity contribution in [1.29, 1.82) is 0 Å². The average Bonchev–Trinajstić information content (AvgIpc) is 2.77. The maximum Gasteiger partial charge on any atom is 0.229 e. The number of aliphatic hydroxyl groups is 1. The summed E-state index contributed by atoms with van der Waals surface area (Å²) in [4.78, 5) is 29.0. The first-order chi connectivity index (χ1) is 16.5. The summed E-state index contributed by atoms with van der Waals surface area (Å²) in [5, 5.41) is 14.4. The Morgan fingerprint density at radius 1 is 1.17 bits per heavy atom. The fraction of sp³-hybridized carbons (Fsp3) is 0.517. The summed E-state index contributed by atoms with van der Waals surface area (Å²) in [6.45, 7) is 11.5. The first-order valence-electron chi connectivity index (χ1n) is 12.6. The van der Waals surface area contributed by atoms with Gasteiger partial charge in [0.25, 0.3) is 0 Å². The standard InChI is InChI=1S/C29H39ClN2O3/c1-7-25(20(5)33)32-27(21-13-11-19(4)12-14-21)24(22-9-8-10-23(30)15-22)16-29(6,28(32)35)17-26(34)31-18(2)3/h8-15,18,20,24-25,27,33H,7,16-17H2,1-6H3,(H,31,34)/t20-,24+,25?,27+,29+/m0/s1. The number of carbonyl (C=O) groups excluding carboxylic acids is 2. The first kappa shape index (κ1) is 27.2. The second-order valence-corrected chi connectivity index (χ2v) is 11.0. The molecular formula is C29H39ClN2O3. The van der Waals surface area contributed by atoms with Crippen LogP contribution in [0.4, 0.5) is 0 Å². The maximum atomic E-state index is 14.3. The Balaban J connectivity index is 2.20. The van der Waals surface area contributed by atoms with Crippen molar-refractivity contribution in [2.24, 2.45) is 5.41 Å². The number of aliphatic hydroxyl groups excluding tert-OH is 1. The quantitative estimate of drug-likeness (QED) is 0.484. The van der Waals surface area contributed by atoms with E-state index in [-0.39, 0.29) is 42.3 Å². The molecule has 0 spiro atoms. The molecule has 190 valence electrons. The minimum Gasteiger partial charge on any atom is -0.391 e. The van der Waals surface area contributed by atoms with E-state index in [1.807, 2.05) is 63.8 Å². The minimum atomic E-state index is -0.921. The molecule has 3 rings (SSSR count). The van der Waals surface area contributed by atoms with Crippen molar-refractivity contribution in [2.75, 3.05) is 0 Å². The summed E-state index contributed by atoms with van der Waals surface area (Å²) in [6.07, 6.45) is 0.475. The molecule has 1 unspecified atom stereocenters. The number of aryl methyl sites for hydroxylation is 1. The van der Waals surface area contributed by atoms with Gasteiger partial charge in [-0.3, -0.25) is 9.59 Å². The lowest BCUT2D eigenvalue weighted by Crippen LogP contribution is -2.58. The van der Waals surface area contributed by atoms with Gasteiger partial charge in [-0.1, -0.05) is 67.4 Å². The Hall–Kier alpha value is -2.37. The van der Waals surface area contributed by atoms with E-state index < -0.39 is 11.5 Å². The van der Waals surface area contributed by atoms with Crippen LogP contribution in [-0.2, 0) is 9.59 Å².